The zero-order valence-corrected chi connectivity index (χ0v) is 47.4. The van der Waals surface area contributed by atoms with E-state index in [1.54, 1.807) is 70.2 Å². The van der Waals surface area contributed by atoms with Gasteiger partial charge < -0.3 is 80.4 Å². The summed E-state index contributed by atoms with van der Waals surface area (Å²) in [5.41, 5.74) is 18.2. The summed E-state index contributed by atoms with van der Waals surface area (Å²) in [6.07, 6.45) is -0.818. The van der Waals surface area contributed by atoms with E-state index in [0.29, 0.717) is 17.5 Å². The minimum absolute atomic E-state index is 0.00335. The average molecular weight is 1160 g/mol. The minimum atomic E-state index is -1.60. The van der Waals surface area contributed by atoms with Crippen molar-refractivity contribution in [2.24, 2.45) is 39.9 Å². The summed E-state index contributed by atoms with van der Waals surface area (Å²) in [4.78, 5) is 149. The molecule has 0 spiro atoms. The Labute approximate surface area is 476 Å². The minimum Gasteiger partial charge on any atom is -0.508 e. The first-order chi connectivity index (χ1) is 38.1. The third-order valence-electron chi connectivity index (χ3n) is 12.1. The molecule has 0 bridgehead atoms. The van der Waals surface area contributed by atoms with Crippen molar-refractivity contribution in [3.8, 4) is 5.75 Å². The van der Waals surface area contributed by atoms with Crippen LogP contribution in [0.3, 0.4) is 0 Å². The number of hydrogen-bond acceptors (Lipinski definition) is 15. The molecule has 9 amide bonds. The Balaban J connectivity index is 2.20. The largest absolute Gasteiger partial charge is 0.508 e. The van der Waals surface area contributed by atoms with Gasteiger partial charge in [0.15, 0.2) is 5.96 Å². The molecule has 0 aliphatic rings. The highest BCUT2D eigenvalue weighted by atomic mass is 32.1. The molecular weight excluding hydrogens is 1070 g/mol. The van der Waals surface area contributed by atoms with E-state index in [1.807, 2.05) is 13.8 Å². The monoisotopic (exact) mass is 1160 g/mol. The second-order valence-corrected chi connectivity index (χ2v) is 20.8. The first kappa shape index (κ1) is 69.1. The fraction of sp³-hybridized carbons (Fsp3) is 0.547. The van der Waals surface area contributed by atoms with Crippen LogP contribution < -0.4 is 65.1 Å². The summed E-state index contributed by atoms with van der Waals surface area (Å²) >= 11 is 4.20. The van der Waals surface area contributed by atoms with Gasteiger partial charge in [0, 0.05) is 31.6 Å². The van der Waals surface area contributed by atoms with E-state index in [9.17, 15) is 68.1 Å². The molecule has 0 radical (unpaired) electrons. The molecule has 0 saturated heterocycles. The molecule has 0 unspecified atom stereocenters. The van der Waals surface area contributed by atoms with Gasteiger partial charge >= 0.3 is 11.9 Å². The van der Waals surface area contributed by atoms with Crippen molar-refractivity contribution in [2.75, 3.05) is 25.4 Å². The second-order valence-electron chi connectivity index (χ2n) is 20.5. The SMILES string of the molecule is CC(C)C[C@H](NC(=O)[C@H](Cc1ccc(O)cc1)NC(=O)[C@@H](N)CC(C)C)C(=O)N[C@H](C(=O)N[C@@H](CS)C(=O)NCC(=O)N[C@@H](CCC(=O)O)C(=O)N[C@@H](CCCN=C(N)N)C(=O)NCC(=O)N[C@@H](Cc1ccccc1)C(=O)O)C(C)C. The van der Waals surface area contributed by atoms with Crippen molar-refractivity contribution in [1.82, 2.24) is 47.9 Å². The Morgan fingerprint density at radius 3 is 1.56 bits per heavy atom. The number of carbonyl (C=O) groups excluding carboxylic acids is 9. The lowest BCUT2D eigenvalue weighted by molar-refractivity contribution is -0.142. The molecule has 0 aromatic heterocycles. The number of aliphatic imine (C=N–C) groups is 1. The predicted molar refractivity (Wildman–Crippen MR) is 301 cm³/mol. The van der Waals surface area contributed by atoms with E-state index in [0.717, 1.165) is 0 Å². The Bertz CT molecular complexity index is 2480. The van der Waals surface area contributed by atoms with Crippen LogP contribution in [-0.2, 0) is 65.6 Å². The maximum absolute atomic E-state index is 14.0. The summed E-state index contributed by atoms with van der Waals surface area (Å²) in [6, 6.07) is 4.03. The Hall–Kier alpha value is -8.01. The van der Waals surface area contributed by atoms with Crippen molar-refractivity contribution >= 4 is 83.7 Å². The van der Waals surface area contributed by atoms with E-state index in [1.165, 1.54) is 12.1 Å². The highest BCUT2D eigenvalue weighted by Crippen LogP contribution is 2.15. The summed E-state index contributed by atoms with van der Waals surface area (Å²) in [6.45, 7) is 9.11. The number of carboxylic acid groups (broad SMARTS) is 2. The average Bonchev–Trinajstić information content (AvgIpc) is 3.41. The summed E-state index contributed by atoms with van der Waals surface area (Å²) in [5.74, 6) is -11.6. The molecule has 0 heterocycles. The number of rotatable bonds is 36. The first-order valence-electron chi connectivity index (χ1n) is 26.4. The number of nitrogens with zero attached hydrogens (tertiary/aromatic N) is 1. The molecule has 0 fully saturated rings. The number of carbonyl (C=O) groups is 11. The van der Waals surface area contributed by atoms with Gasteiger partial charge in [0.2, 0.25) is 53.2 Å². The maximum atomic E-state index is 14.0. The highest BCUT2D eigenvalue weighted by Gasteiger charge is 2.34. The van der Waals surface area contributed by atoms with Gasteiger partial charge in [0.05, 0.1) is 19.1 Å². The number of aromatic hydroxyl groups is 1. The standard InChI is InChI=1S/C53H81N13O14S/c1-28(2)21-34(54)45(72)63-38(23-32-14-16-33(67)17-15-32)49(76)64-37(22-29(3)4)50(77)66-44(30(5)6)51(78)65-40(27-81)47(74)59-25-41(68)60-36(18-19-43(70)71)48(75)62-35(13-10-20-57-53(55)56)46(73)58-26-42(69)61-39(52(79)80)24-31-11-8-7-9-12-31/h7-9,11-12,14-17,28-30,34-40,44,67,81H,10,13,18-27,54H2,1-6H3,(H,58,73)(H,59,74)(H,60,68)(H,61,69)(H,62,75)(H,63,72)(H,64,76)(H,65,78)(H,66,77)(H,70,71)(H,79,80)(H4,55,56,57)/t34-,35-,36-,37-,38-,39-,40-,44-/m0/s1. The van der Waals surface area contributed by atoms with Crippen LogP contribution in [-0.4, -0.2) is 160 Å². The van der Waals surface area contributed by atoms with Gasteiger partial charge in [-0.25, -0.2) is 4.79 Å². The first-order valence-corrected chi connectivity index (χ1v) is 27.1. The second kappa shape index (κ2) is 35.6. The number of benzene rings is 2. The quantitative estimate of drug-likeness (QED) is 0.0149. The van der Waals surface area contributed by atoms with Crippen molar-refractivity contribution < 1.29 is 68.1 Å². The number of phenols is 1. The van der Waals surface area contributed by atoms with Gasteiger partial charge in [-0.05, 0) is 73.1 Å². The van der Waals surface area contributed by atoms with Gasteiger partial charge in [-0.1, -0.05) is 84.0 Å². The van der Waals surface area contributed by atoms with Gasteiger partial charge in [0.1, 0.15) is 48.0 Å². The van der Waals surface area contributed by atoms with Crippen LogP contribution in [0.1, 0.15) is 91.2 Å². The normalized spacial score (nSPS) is 14.0. The summed E-state index contributed by atoms with van der Waals surface area (Å²) < 4.78 is 0. The number of nitrogens with one attached hydrogen (secondary N) is 9. The number of phenolic OH excluding ortho intramolecular Hbond substituents is 1. The van der Waals surface area contributed by atoms with E-state index in [2.05, 4.69) is 65.5 Å². The molecule has 27 nitrogen and oxygen atoms in total. The van der Waals surface area contributed by atoms with Crippen molar-refractivity contribution in [1.29, 1.82) is 0 Å². The van der Waals surface area contributed by atoms with Crippen LogP contribution in [0.2, 0.25) is 0 Å². The maximum Gasteiger partial charge on any atom is 0.326 e. The number of aliphatic carboxylic acids is 2. The smallest absolute Gasteiger partial charge is 0.326 e. The van der Waals surface area contributed by atoms with Gasteiger partial charge in [-0.15, -0.1) is 0 Å². The van der Waals surface area contributed by atoms with Crippen molar-refractivity contribution in [2.45, 2.75) is 141 Å². The van der Waals surface area contributed by atoms with Crippen molar-refractivity contribution in [3.05, 3.63) is 65.7 Å². The fourth-order valence-corrected chi connectivity index (χ4v) is 8.15. The summed E-state index contributed by atoms with van der Waals surface area (Å²) in [7, 11) is 0. The number of amides is 9. The molecule has 2 aromatic carbocycles. The molecule has 0 aliphatic heterocycles. The van der Waals surface area contributed by atoms with Crippen LogP contribution in [0.15, 0.2) is 59.6 Å². The lowest BCUT2D eigenvalue weighted by Gasteiger charge is -2.29. The van der Waals surface area contributed by atoms with E-state index in [4.69, 9.17) is 17.2 Å². The molecule has 81 heavy (non-hydrogen) atoms. The lowest BCUT2D eigenvalue weighted by atomic mass is 9.98. The van der Waals surface area contributed by atoms with Crippen LogP contribution in [0.5, 0.6) is 5.75 Å². The zero-order chi connectivity index (χ0) is 60.9. The lowest BCUT2D eigenvalue weighted by Crippen LogP contribution is -2.60. The molecule has 18 N–H and O–H groups in total. The van der Waals surface area contributed by atoms with Crippen LogP contribution in [0.4, 0.5) is 0 Å². The zero-order valence-electron chi connectivity index (χ0n) is 46.5. The molecule has 2 rings (SSSR count). The molecule has 2 aromatic rings. The fourth-order valence-electron chi connectivity index (χ4n) is 7.89. The summed E-state index contributed by atoms with van der Waals surface area (Å²) in [5, 5.41) is 51.3. The van der Waals surface area contributed by atoms with E-state index < -0.39 is 145 Å². The Kier molecular flexibility index (Phi) is 30.3. The predicted octanol–water partition coefficient (Wildman–Crippen LogP) is -2.19. The number of nitrogens with two attached hydrogens (primary N) is 3. The van der Waals surface area contributed by atoms with Crippen LogP contribution in [0.25, 0.3) is 0 Å². The molecule has 8 atom stereocenters. The number of guanidine groups is 1. The number of hydrogen-bond donors (Lipinski definition) is 16. The third-order valence-corrected chi connectivity index (χ3v) is 12.5. The Morgan fingerprint density at radius 2 is 1.02 bits per heavy atom. The van der Waals surface area contributed by atoms with Crippen molar-refractivity contribution in [3.63, 3.8) is 0 Å². The topological polar surface area (TPSA) is 447 Å². The third kappa shape index (κ3) is 27.1. The molecule has 448 valence electrons. The van der Waals surface area contributed by atoms with E-state index in [-0.39, 0.29) is 67.9 Å². The van der Waals surface area contributed by atoms with Crippen LogP contribution in [0, 0.1) is 17.8 Å². The molecular formula is C53H81N13O14S. The molecule has 0 saturated carbocycles. The van der Waals surface area contributed by atoms with Gasteiger partial charge in [0.25, 0.3) is 0 Å². The molecule has 0 aliphatic carbocycles. The van der Waals surface area contributed by atoms with Crippen LogP contribution >= 0.6 is 12.6 Å². The van der Waals surface area contributed by atoms with Gasteiger partial charge in [-0.3, -0.25) is 52.9 Å². The number of carboxylic acids is 2. The van der Waals surface area contributed by atoms with Gasteiger partial charge in [-0.2, -0.15) is 12.6 Å². The van der Waals surface area contributed by atoms with E-state index >= 15 is 0 Å². The molecule has 28 heteroatoms. The Morgan fingerprint density at radius 1 is 0.543 bits per heavy atom. The number of thiol groups is 1. The highest BCUT2D eigenvalue weighted by molar-refractivity contribution is 7.80.